The van der Waals surface area contributed by atoms with E-state index < -0.39 is 29.4 Å². The number of carbonyl (C=O) groups excluding carboxylic acids is 5. The van der Waals surface area contributed by atoms with Crippen LogP contribution >= 0.6 is 11.3 Å². The van der Waals surface area contributed by atoms with Crippen molar-refractivity contribution in [3.63, 3.8) is 0 Å². The summed E-state index contributed by atoms with van der Waals surface area (Å²) in [5.74, 6) is -1.25. The number of nitrogens with zero attached hydrogens (tertiary/aromatic N) is 4. The maximum absolute atomic E-state index is 14.0. The van der Waals surface area contributed by atoms with Crippen LogP contribution in [0.5, 0.6) is 11.5 Å². The summed E-state index contributed by atoms with van der Waals surface area (Å²) in [5, 5.41) is 19.1. The van der Waals surface area contributed by atoms with E-state index in [1.807, 2.05) is 106 Å². The first-order valence-corrected chi connectivity index (χ1v) is 38.9. The highest BCUT2D eigenvalue weighted by molar-refractivity contribution is 7.13. The van der Waals surface area contributed by atoms with E-state index in [1.54, 1.807) is 35.2 Å². The van der Waals surface area contributed by atoms with E-state index in [0.717, 1.165) is 62.7 Å². The van der Waals surface area contributed by atoms with E-state index in [-0.39, 0.29) is 128 Å². The van der Waals surface area contributed by atoms with Gasteiger partial charge in [-0.25, -0.2) is 9.78 Å². The molecule has 0 unspecified atom stereocenters. The first-order valence-electron chi connectivity index (χ1n) is 38.1. The second kappa shape index (κ2) is 46.1. The van der Waals surface area contributed by atoms with Gasteiger partial charge >= 0.3 is 5.97 Å². The van der Waals surface area contributed by atoms with Crippen molar-refractivity contribution in [1.29, 1.82) is 0 Å². The minimum Gasteiger partial charge on any atom is -0.492 e. The Hall–Kier alpha value is -9.81. The molecule has 590 valence electrons. The number of hydrogen-bond acceptors (Lipinski definition) is 17. The van der Waals surface area contributed by atoms with Gasteiger partial charge < -0.3 is 62.8 Å². The molecule has 21 heteroatoms. The number of ketones is 2. The van der Waals surface area contributed by atoms with E-state index >= 15 is 0 Å². The Balaban J connectivity index is 0.000000320. The number of rotatable bonds is 44. The number of carboxylic acids is 1. The summed E-state index contributed by atoms with van der Waals surface area (Å²) in [6, 6.07) is 65.3. The number of aliphatic hydroxyl groups is 1. The molecule has 2 N–H and O–H groups in total. The zero-order valence-electron chi connectivity index (χ0n) is 65.4. The number of aromatic nitrogens is 1. The SMILES string of the molecule is CC/C(=C(\c1ccccc1)c1ccc(OCCN(C)C(=O)COCCOCCOCC(=O)C[C@H](C(=O)N2C[C@H](O)C[C@H]2C(=O)CCc2ccc(-c3scnc3C)cc2)C(C)(C)C)cc1)c1ccccc1.CC/C(=C(\c1ccccc1)c1ccc(OCCN(C)C(=O)COCCOCCOCC(=O)O)cc1)c1ccccc1. The summed E-state index contributed by atoms with van der Waals surface area (Å²) < 4.78 is 44.2. The molecule has 1 aliphatic heterocycles. The zero-order valence-corrected chi connectivity index (χ0v) is 66.2. The predicted octanol–water partition coefficient (Wildman–Crippen LogP) is 14.2. The minimum absolute atomic E-state index is 0.0532. The first kappa shape index (κ1) is 86.8. The fourth-order valence-corrected chi connectivity index (χ4v) is 13.7. The normalized spacial score (nSPS) is 14.1. The molecule has 1 fully saturated rings. The first-order chi connectivity index (χ1) is 53.7. The molecular weight excluding hydrogens is 1430 g/mol. The van der Waals surface area contributed by atoms with Gasteiger partial charge in [-0.2, -0.15) is 0 Å². The third kappa shape index (κ3) is 28.2. The highest BCUT2D eigenvalue weighted by atomic mass is 32.1. The van der Waals surface area contributed by atoms with Crippen molar-refractivity contribution in [2.24, 2.45) is 11.3 Å². The number of aliphatic hydroxyl groups excluding tert-OH is 1. The molecule has 1 saturated heterocycles. The van der Waals surface area contributed by atoms with Gasteiger partial charge in [-0.15, -0.1) is 11.3 Å². The molecule has 111 heavy (non-hydrogen) atoms. The van der Waals surface area contributed by atoms with Crippen LogP contribution in [-0.2, 0) is 63.6 Å². The van der Waals surface area contributed by atoms with E-state index in [2.05, 4.69) is 140 Å². The fraction of sp³-hybridized carbons (Fsp3) is 0.389. The van der Waals surface area contributed by atoms with Crippen LogP contribution in [-0.4, -0.2) is 204 Å². The van der Waals surface area contributed by atoms with Gasteiger partial charge in [0.25, 0.3) is 0 Å². The Labute approximate surface area is 657 Å². The lowest BCUT2D eigenvalue weighted by molar-refractivity contribution is -0.146. The monoisotopic (exact) mass is 1530 g/mol. The lowest BCUT2D eigenvalue weighted by Gasteiger charge is -2.34. The van der Waals surface area contributed by atoms with Crippen LogP contribution in [0.4, 0.5) is 0 Å². The lowest BCUT2D eigenvalue weighted by Crippen LogP contribution is -2.47. The molecule has 0 aliphatic carbocycles. The van der Waals surface area contributed by atoms with Crippen LogP contribution in [0.15, 0.2) is 200 Å². The van der Waals surface area contributed by atoms with Crippen molar-refractivity contribution in [1.82, 2.24) is 19.7 Å². The molecule has 0 radical (unpaired) electrons. The maximum Gasteiger partial charge on any atom is 0.329 e. The number of allylic oxidation sites excluding steroid dienone is 2. The Kier molecular flexibility index (Phi) is 36.1. The van der Waals surface area contributed by atoms with Crippen LogP contribution in [0.1, 0.15) is 111 Å². The van der Waals surface area contributed by atoms with Crippen LogP contribution in [0.3, 0.4) is 0 Å². The van der Waals surface area contributed by atoms with Gasteiger partial charge in [0.05, 0.1) is 94.2 Å². The highest BCUT2D eigenvalue weighted by Gasteiger charge is 2.44. The van der Waals surface area contributed by atoms with Gasteiger partial charge in [0.15, 0.2) is 11.6 Å². The number of ether oxygens (including phenoxy) is 8. The summed E-state index contributed by atoms with van der Waals surface area (Å²) in [7, 11) is 3.42. The number of thiazole rings is 1. The summed E-state index contributed by atoms with van der Waals surface area (Å²) in [4.78, 5) is 86.2. The number of Topliss-reactive ketones (excluding diaryl/α,β-unsaturated/α-hetero) is 2. The van der Waals surface area contributed by atoms with Crippen molar-refractivity contribution in [3.8, 4) is 21.9 Å². The number of likely N-dealkylation sites (tertiary alicyclic amines) is 1. The molecule has 8 aromatic rings. The Bertz CT molecular complexity index is 4230. The van der Waals surface area contributed by atoms with E-state index in [0.29, 0.717) is 39.3 Å². The Morgan fingerprint density at radius 1 is 0.523 bits per heavy atom. The van der Waals surface area contributed by atoms with Gasteiger partial charge in [0.2, 0.25) is 17.7 Å². The number of amides is 3. The third-order valence-corrected chi connectivity index (χ3v) is 19.9. The number of aryl methyl sites for hydroxylation is 2. The summed E-state index contributed by atoms with van der Waals surface area (Å²) >= 11 is 1.59. The molecule has 0 saturated carbocycles. The van der Waals surface area contributed by atoms with E-state index in [1.165, 1.54) is 43.9 Å². The van der Waals surface area contributed by atoms with Crippen molar-refractivity contribution in [3.05, 3.63) is 244 Å². The number of carbonyl (C=O) groups is 6. The number of carboxylic acid groups (broad SMARTS) is 1. The number of benzene rings is 7. The average molecular weight is 1530 g/mol. The minimum atomic E-state index is -1.02. The fourth-order valence-electron chi connectivity index (χ4n) is 12.9. The summed E-state index contributed by atoms with van der Waals surface area (Å²) in [6.45, 7) is 14.7. The molecule has 3 atom stereocenters. The van der Waals surface area contributed by atoms with Crippen molar-refractivity contribution >= 4 is 68.9 Å². The van der Waals surface area contributed by atoms with Crippen molar-refractivity contribution < 1.29 is 76.9 Å². The molecule has 0 spiro atoms. The molecule has 3 amide bonds. The van der Waals surface area contributed by atoms with Crippen molar-refractivity contribution in [2.45, 2.75) is 92.2 Å². The van der Waals surface area contributed by atoms with Crippen LogP contribution in [0, 0.1) is 18.3 Å². The summed E-state index contributed by atoms with van der Waals surface area (Å²) in [5.41, 5.74) is 16.2. The standard InChI is InChI=1S/C57H69N3O9S.C33H39NO7/c1-7-49(42-14-10-8-11-15-42)54(43-16-12-9-13-17-43)44-23-25-48(26-24-44)69-29-28-59(6)53(64)38-68-33-31-66-30-32-67-37-47(62)34-50(57(3,4)5)56(65)60-36-46(61)35-51(60)52(63)27-20-41-18-21-45(22-19-41)55-40(2)58-39-70-55;1-3-30(26-10-6-4-7-11-26)33(27-12-8-5-9-13-27)28-14-16-29(17-15-28)41-19-18-34(2)31(35)24-39-22-20-38-21-23-40-25-32(36)37/h8-19,21-26,39,46,50-51,61H,7,20,27-38H2,1-6H3;4-17H,3,18-25H2,1-2H3,(H,36,37)/b54-49-;33-30-/t46-,50-,51+;/m1./s1. The number of aliphatic carboxylic acids is 1. The molecule has 0 bridgehead atoms. The molecule has 7 aromatic carbocycles. The largest absolute Gasteiger partial charge is 0.492 e. The predicted molar refractivity (Wildman–Crippen MR) is 434 cm³/mol. The van der Waals surface area contributed by atoms with Crippen LogP contribution in [0.25, 0.3) is 32.7 Å². The summed E-state index contributed by atoms with van der Waals surface area (Å²) in [6.07, 6.45) is 1.83. The van der Waals surface area contributed by atoms with Gasteiger partial charge in [0, 0.05) is 45.8 Å². The molecule has 2 heterocycles. The van der Waals surface area contributed by atoms with Crippen LogP contribution < -0.4 is 9.47 Å². The Morgan fingerprint density at radius 2 is 0.928 bits per heavy atom. The van der Waals surface area contributed by atoms with Crippen molar-refractivity contribution in [2.75, 3.05) is 126 Å². The second-order valence-corrected chi connectivity index (χ2v) is 28.9. The smallest absolute Gasteiger partial charge is 0.329 e. The third-order valence-electron chi connectivity index (χ3n) is 19.0. The molecule has 1 aromatic heterocycles. The second-order valence-electron chi connectivity index (χ2n) is 28.1. The zero-order chi connectivity index (χ0) is 79.3. The van der Waals surface area contributed by atoms with Gasteiger partial charge in [-0.3, -0.25) is 24.0 Å². The average Bonchev–Trinajstić information content (AvgIpc) is 1.11. The van der Waals surface area contributed by atoms with E-state index in [9.17, 15) is 33.9 Å². The van der Waals surface area contributed by atoms with Gasteiger partial charge in [-0.1, -0.05) is 204 Å². The van der Waals surface area contributed by atoms with Crippen LogP contribution in [0.2, 0.25) is 0 Å². The highest BCUT2D eigenvalue weighted by Crippen LogP contribution is 2.38. The number of likely N-dealkylation sites (N-methyl/N-ethyl adjacent to an activating group) is 2. The number of β-amino-alcohol motifs (C(OH)–C–C–N with tert-alkyl or cyclic N) is 1. The topological polar surface area (TPSA) is 239 Å². The number of hydrogen-bond donors (Lipinski definition) is 2. The molecule has 9 rings (SSSR count). The van der Waals surface area contributed by atoms with E-state index in [4.69, 9.17) is 43.0 Å². The molecular formula is C90H108N4O16S. The quantitative estimate of drug-likeness (QED) is 0.0266. The molecule has 1 aliphatic rings. The van der Waals surface area contributed by atoms with Gasteiger partial charge in [0.1, 0.15) is 51.1 Å². The maximum atomic E-state index is 14.0. The lowest BCUT2D eigenvalue weighted by atomic mass is 9.76. The molecule has 20 nitrogen and oxygen atoms in total. The Morgan fingerprint density at radius 3 is 1.33 bits per heavy atom. The van der Waals surface area contributed by atoms with Gasteiger partial charge in [-0.05, 0) is 123 Å².